The molecule has 1 aliphatic heterocycles. The van der Waals surface area contributed by atoms with Crippen LogP contribution in [0, 0.1) is 11.8 Å². The van der Waals surface area contributed by atoms with Crippen LogP contribution in [0.3, 0.4) is 0 Å². The quantitative estimate of drug-likeness (QED) is 0.779. The lowest BCUT2D eigenvalue weighted by Gasteiger charge is -2.24. The summed E-state index contributed by atoms with van der Waals surface area (Å²) in [6, 6.07) is 9.67. The van der Waals surface area contributed by atoms with Crippen LogP contribution in [-0.4, -0.2) is 46.9 Å². The van der Waals surface area contributed by atoms with E-state index in [2.05, 4.69) is 5.32 Å². The van der Waals surface area contributed by atoms with Crippen LogP contribution in [-0.2, 0) is 20.8 Å². The van der Waals surface area contributed by atoms with Gasteiger partial charge in [0.2, 0.25) is 11.8 Å². The molecule has 2 N–H and O–H groups in total. The molecule has 140 valence electrons. The van der Waals surface area contributed by atoms with Crippen molar-refractivity contribution in [3.8, 4) is 0 Å². The van der Waals surface area contributed by atoms with E-state index in [0.717, 1.165) is 31.2 Å². The second-order valence-electron chi connectivity index (χ2n) is 7.36. The number of benzene rings is 1. The molecule has 26 heavy (non-hydrogen) atoms. The van der Waals surface area contributed by atoms with E-state index in [9.17, 15) is 19.5 Å². The number of hydrogen-bond donors (Lipinski definition) is 2. The molecule has 2 amide bonds. The molecular formula is C20H26N2O4. The Labute approximate surface area is 153 Å². The van der Waals surface area contributed by atoms with Crippen molar-refractivity contribution in [3.63, 3.8) is 0 Å². The molecule has 0 aromatic heterocycles. The minimum Gasteiger partial charge on any atom is -0.481 e. The summed E-state index contributed by atoms with van der Waals surface area (Å²) in [6.07, 6.45) is 4.94. The van der Waals surface area contributed by atoms with E-state index >= 15 is 0 Å². The van der Waals surface area contributed by atoms with E-state index in [0.29, 0.717) is 13.0 Å². The van der Waals surface area contributed by atoms with E-state index < -0.39 is 11.9 Å². The fourth-order valence-electron chi connectivity index (χ4n) is 3.99. The topological polar surface area (TPSA) is 86.7 Å². The summed E-state index contributed by atoms with van der Waals surface area (Å²) in [4.78, 5) is 38.0. The van der Waals surface area contributed by atoms with Crippen LogP contribution >= 0.6 is 0 Å². The van der Waals surface area contributed by atoms with E-state index in [4.69, 9.17) is 0 Å². The van der Waals surface area contributed by atoms with Crippen LogP contribution < -0.4 is 5.32 Å². The number of hydrogen-bond acceptors (Lipinski definition) is 3. The van der Waals surface area contributed by atoms with Gasteiger partial charge in [-0.3, -0.25) is 14.4 Å². The zero-order valence-electron chi connectivity index (χ0n) is 14.9. The lowest BCUT2D eigenvalue weighted by molar-refractivity contribution is -0.141. The summed E-state index contributed by atoms with van der Waals surface area (Å²) in [5, 5.41) is 12.2. The van der Waals surface area contributed by atoms with E-state index in [1.165, 1.54) is 0 Å². The smallest absolute Gasteiger partial charge is 0.308 e. The number of carbonyl (C=O) groups excluding carboxylic acids is 2. The van der Waals surface area contributed by atoms with E-state index in [1.807, 2.05) is 35.2 Å². The van der Waals surface area contributed by atoms with Crippen molar-refractivity contribution in [2.75, 3.05) is 13.1 Å². The molecule has 6 heteroatoms. The molecule has 1 aromatic rings. The monoisotopic (exact) mass is 358 g/mol. The zero-order chi connectivity index (χ0) is 18.5. The van der Waals surface area contributed by atoms with Crippen LogP contribution in [0.15, 0.2) is 30.3 Å². The predicted molar refractivity (Wildman–Crippen MR) is 96.4 cm³/mol. The maximum absolute atomic E-state index is 12.4. The molecule has 1 saturated carbocycles. The SMILES string of the molecule is O=C(O)[C@H](CNC(=O)[C@H]1CC(=O)N(C2CCCC2)C1)Cc1ccccc1. The largest absolute Gasteiger partial charge is 0.481 e. The molecule has 0 unspecified atom stereocenters. The second-order valence-corrected chi connectivity index (χ2v) is 7.36. The van der Waals surface area contributed by atoms with Gasteiger partial charge in [0.25, 0.3) is 0 Å². The van der Waals surface area contributed by atoms with Crippen molar-refractivity contribution in [1.29, 1.82) is 0 Å². The fourth-order valence-corrected chi connectivity index (χ4v) is 3.99. The summed E-state index contributed by atoms with van der Waals surface area (Å²) in [5.74, 6) is -2.13. The molecule has 2 atom stereocenters. The molecule has 1 heterocycles. The number of likely N-dealkylation sites (tertiary alicyclic amines) is 1. The van der Waals surface area contributed by atoms with Gasteiger partial charge in [0.05, 0.1) is 11.8 Å². The summed E-state index contributed by atoms with van der Waals surface area (Å²) in [6.45, 7) is 0.545. The molecule has 2 fully saturated rings. The number of nitrogens with zero attached hydrogens (tertiary/aromatic N) is 1. The summed E-state index contributed by atoms with van der Waals surface area (Å²) in [5.41, 5.74) is 0.928. The highest BCUT2D eigenvalue weighted by molar-refractivity contribution is 5.89. The average molecular weight is 358 g/mol. The van der Waals surface area contributed by atoms with E-state index in [1.54, 1.807) is 0 Å². The fraction of sp³-hybridized carbons (Fsp3) is 0.550. The van der Waals surface area contributed by atoms with Gasteiger partial charge in [-0.15, -0.1) is 0 Å². The summed E-state index contributed by atoms with van der Waals surface area (Å²) in [7, 11) is 0. The van der Waals surface area contributed by atoms with Crippen molar-refractivity contribution in [3.05, 3.63) is 35.9 Å². The Kier molecular flexibility index (Phi) is 5.91. The first-order valence-corrected chi connectivity index (χ1v) is 9.38. The molecule has 0 spiro atoms. The van der Waals surface area contributed by atoms with Gasteiger partial charge in [0.15, 0.2) is 0 Å². The molecular weight excluding hydrogens is 332 g/mol. The van der Waals surface area contributed by atoms with Crippen molar-refractivity contribution in [2.45, 2.75) is 44.6 Å². The van der Waals surface area contributed by atoms with Gasteiger partial charge < -0.3 is 15.3 Å². The molecule has 0 bridgehead atoms. The molecule has 2 aliphatic rings. The van der Waals surface area contributed by atoms with Gasteiger partial charge in [-0.2, -0.15) is 0 Å². The van der Waals surface area contributed by atoms with Crippen molar-refractivity contribution >= 4 is 17.8 Å². The first kappa shape index (κ1) is 18.4. The Morgan fingerprint density at radius 3 is 2.54 bits per heavy atom. The number of carboxylic acids is 1. The highest BCUT2D eigenvalue weighted by Gasteiger charge is 2.38. The number of nitrogens with one attached hydrogen (secondary N) is 1. The number of rotatable bonds is 7. The van der Waals surface area contributed by atoms with Gasteiger partial charge in [-0.1, -0.05) is 43.2 Å². The number of carboxylic acid groups (broad SMARTS) is 1. The highest BCUT2D eigenvalue weighted by Crippen LogP contribution is 2.29. The zero-order valence-corrected chi connectivity index (χ0v) is 14.9. The Morgan fingerprint density at radius 2 is 1.88 bits per heavy atom. The maximum atomic E-state index is 12.4. The van der Waals surface area contributed by atoms with E-state index in [-0.39, 0.29) is 36.7 Å². The van der Waals surface area contributed by atoms with Gasteiger partial charge in [0, 0.05) is 25.6 Å². The summed E-state index contributed by atoms with van der Waals surface area (Å²) >= 11 is 0. The first-order chi connectivity index (χ1) is 12.5. The van der Waals surface area contributed by atoms with Crippen LogP contribution in [0.25, 0.3) is 0 Å². The number of carbonyl (C=O) groups is 3. The van der Waals surface area contributed by atoms with Gasteiger partial charge in [-0.25, -0.2) is 0 Å². The standard InChI is InChI=1S/C20H26N2O4/c23-18-11-16(13-22(18)17-8-4-5-9-17)19(24)21-12-15(20(25)26)10-14-6-2-1-3-7-14/h1-3,6-7,15-17H,4-5,8-13H2,(H,21,24)(H,25,26)/t15-,16-/m0/s1. The van der Waals surface area contributed by atoms with Crippen molar-refractivity contribution in [2.24, 2.45) is 11.8 Å². The van der Waals surface area contributed by atoms with Gasteiger partial charge >= 0.3 is 5.97 Å². The lowest BCUT2D eigenvalue weighted by atomic mass is 9.99. The van der Waals surface area contributed by atoms with Crippen molar-refractivity contribution < 1.29 is 19.5 Å². The Bertz CT molecular complexity index is 655. The maximum Gasteiger partial charge on any atom is 0.308 e. The number of aliphatic carboxylic acids is 1. The number of amides is 2. The molecule has 6 nitrogen and oxygen atoms in total. The second kappa shape index (κ2) is 8.34. The molecule has 1 aliphatic carbocycles. The molecule has 1 aromatic carbocycles. The Hall–Kier alpha value is -2.37. The minimum absolute atomic E-state index is 0.0520. The van der Waals surface area contributed by atoms with Crippen LogP contribution in [0.2, 0.25) is 0 Å². The van der Waals surface area contributed by atoms with Gasteiger partial charge in [-0.05, 0) is 24.8 Å². The molecule has 1 saturated heterocycles. The lowest BCUT2D eigenvalue weighted by Crippen LogP contribution is -2.39. The minimum atomic E-state index is -0.927. The Morgan fingerprint density at radius 1 is 1.19 bits per heavy atom. The third-order valence-corrected chi connectivity index (χ3v) is 5.49. The third kappa shape index (κ3) is 4.42. The average Bonchev–Trinajstić information content (AvgIpc) is 3.28. The molecule has 3 rings (SSSR count). The highest BCUT2D eigenvalue weighted by atomic mass is 16.4. The first-order valence-electron chi connectivity index (χ1n) is 9.38. The van der Waals surface area contributed by atoms with Gasteiger partial charge in [0.1, 0.15) is 0 Å². The van der Waals surface area contributed by atoms with Crippen molar-refractivity contribution in [1.82, 2.24) is 10.2 Å². The van der Waals surface area contributed by atoms with Crippen LogP contribution in [0.5, 0.6) is 0 Å². The predicted octanol–water partition coefficient (Wildman–Crippen LogP) is 1.84. The normalized spacial score (nSPS) is 21.8. The third-order valence-electron chi connectivity index (χ3n) is 5.49. The molecule has 0 radical (unpaired) electrons. The summed E-state index contributed by atoms with van der Waals surface area (Å²) < 4.78 is 0. The Balaban J connectivity index is 1.52. The van der Waals surface area contributed by atoms with Crippen LogP contribution in [0.4, 0.5) is 0 Å². The van der Waals surface area contributed by atoms with Crippen LogP contribution in [0.1, 0.15) is 37.7 Å².